The molecule has 1 aliphatic heterocycles. The number of fused-ring (bicyclic) bond motifs is 1. The second-order valence-electron chi connectivity index (χ2n) is 6.93. The van der Waals surface area contributed by atoms with E-state index < -0.39 is 10.0 Å². The molecular formula is C21H25N3O5S. The molecule has 2 aromatic rings. The summed E-state index contributed by atoms with van der Waals surface area (Å²) in [6.07, 6.45) is 2.70. The number of ether oxygens (including phenoxy) is 1. The van der Waals surface area contributed by atoms with Crippen molar-refractivity contribution < 1.29 is 23.1 Å². The predicted octanol–water partition coefficient (Wildman–Crippen LogP) is 2.32. The molecule has 0 spiro atoms. The molecule has 0 aliphatic carbocycles. The number of carbonyl (C=O) groups is 1. The zero-order chi connectivity index (χ0) is 21.6. The highest BCUT2D eigenvalue weighted by Gasteiger charge is 2.29. The molecule has 1 aliphatic rings. The lowest BCUT2D eigenvalue weighted by Crippen LogP contribution is -2.22. The van der Waals surface area contributed by atoms with Crippen LogP contribution >= 0.6 is 0 Å². The van der Waals surface area contributed by atoms with Crippen LogP contribution in [-0.2, 0) is 21.4 Å². The zero-order valence-corrected chi connectivity index (χ0v) is 17.5. The largest absolute Gasteiger partial charge is 0.504 e. The molecule has 2 aromatic carbocycles. The van der Waals surface area contributed by atoms with Gasteiger partial charge in [0.05, 0.1) is 12.0 Å². The molecule has 0 fully saturated rings. The Morgan fingerprint density at radius 1 is 1.17 bits per heavy atom. The monoisotopic (exact) mass is 431 g/mol. The molecule has 0 bridgehead atoms. The van der Waals surface area contributed by atoms with Crippen molar-refractivity contribution in [2.45, 2.75) is 37.1 Å². The van der Waals surface area contributed by atoms with Gasteiger partial charge in [-0.2, -0.15) is 0 Å². The van der Waals surface area contributed by atoms with Crippen LogP contribution in [-0.4, -0.2) is 38.9 Å². The molecule has 0 saturated heterocycles. The van der Waals surface area contributed by atoms with E-state index in [1.165, 1.54) is 13.2 Å². The Labute approximate surface area is 176 Å². The van der Waals surface area contributed by atoms with Gasteiger partial charge >= 0.3 is 0 Å². The van der Waals surface area contributed by atoms with Crippen molar-refractivity contribution in [1.29, 1.82) is 0 Å². The van der Waals surface area contributed by atoms with Gasteiger partial charge < -0.3 is 15.2 Å². The number of nitrogens with one attached hydrogen (secondary N) is 2. The Bertz CT molecular complexity index is 1050. The maximum absolute atomic E-state index is 12.0. The first kappa shape index (κ1) is 21.6. The van der Waals surface area contributed by atoms with E-state index in [0.29, 0.717) is 36.7 Å². The van der Waals surface area contributed by atoms with Crippen molar-refractivity contribution in [2.75, 3.05) is 13.7 Å². The van der Waals surface area contributed by atoms with Crippen LogP contribution in [0.15, 0.2) is 52.4 Å². The summed E-state index contributed by atoms with van der Waals surface area (Å²) in [5.41, 5.74) is 1.44. The summed E-state index contributed by atoms with van der Waals surface area (Å²) in [4.78, 5) is 16.6. The van der Waals surface area contributed by atoms with E-state index in [1.807, 2.05) is 0 Å². The van der Waals surface area contributed by atoms with Gasteiger partial charge in [0, 0.05) is 25.1 Å². The van der Waals surface area contributed by atoms with E-state index in [2.05, 4.69) is 15.0 Å². The van der Waals surface area contributed by atoms with Gasteiger partial charge in [-0.05, 0) is 42.7 Å². The minimum Gasteiger partial charge on any atom is -0.504 e. The molecule has 1 heterocycles. The molecule has 3 N–H and O–H groups in total. The number of amides is 1. The Kier molecular flexibility index (Phi) is 6.94. The number of nitrogens with zero attached hydrogens (tertiary/aromatic N) is 1. The van der Waals surface area contributed by atoms with Crippen molar-refractivity contribution in [3.05, 3.63) is 53.6 Å². The second kappa shape index (κ2) is 9.62. The van der Waals surface area contributed by atoms with Crippen LogP contribution < -0.4 is 14.8 Å². The SMILES string of the molecule is COc1cc(CNC(=O)CCCCCN=C2NS(=O)(=O)c3ccccc32)ccc1O. The van der Waals surface area contributed by atoms with Gasteiger partial charge in [0.25, 0.3) is 10.0 Å². The van der Waals surface area contributed by atoms with E-state index >= 15 is 0 Å². The fourth-order valence-corrected chi connectivity index (χ4v) is 4.39. The number of unbranched alkanes of at least 4 members (excludes halogenated alkanes) is 2. The third-order valence-electron chi connectivity index (χ3n) is 4.73. The highest BCUT2D eigenvalue weighted by molar-refractivity contribution is 7.90. The van der Waals surface area contributed by atoms with Crippen molar-refractivity contribution in [2.24, 2.45) is 4.99 Å². The van der Waals surface area contributed by atoms with Crippen molar-refractivity contribution >= 4 is 21.8 Å². The number of amidine groups is 1. The summed E-state index contributed by atoms with van der Waals surface area (Å²) in [6, 6.07) is 11.7. The number of methoxy groups -OCH3 is 1. The topological polar surface area (TPSA) is 117 Å². The quantitative estimate of drug-likeness (QED) is 0.527. The van der Waals surface area contributed by atoms with Gasteiger partial charge in [-0.3, -0.25) is 14.5 Å². The van der Waals surface area contributed by atoms with Gasteiger partial charge in [-0.1, -0.05) is 24.6 Å². The van der Waals surface area contributed by atoms with Gasteiger partial charge in [-0.15, -0.1) is 0 Å². The second-order valence-corrected chi connectivity index (χ2v) is 8.58. The van der Waals surface area contributed by atoms with Gasteiger partial charge in [0.15, 0.2) is 11.5 Å². The highest BCUT2D eigenvalue weighted by Crippen LogP contribution is 2.26. The summed E-state index contributed by atoms with van der Waals surface area (Å²) in [5.74, 6) is 0.763. The molecule has 0 aromatic heterocycles. The van der Waals surface area contributed by atoms with Gasteiger partial charge in [0.1, 0.15) is 5.84 Å². The normalized spacial score (nSPS) is 15.4. The molecule has 30 heavy (non-hydrogen) atoms. The Balaban J connectivity index is 1.37. The molecule has 1 amide bonds. The number of phenolic OH excluding ortho intramolecular Hbond substituents is 1. The Hall–Kier alpha value is -3.07. The number of hydrogen-bond donors (Lipinski definition) is 3. The van der Waals surface area contributed by atoms with Crippen LogP contribution in [0, 0.1) is 0 Å². The first-order valence-corrected chi connectivity index (χ1v) is 11.2. The van der Waals surface area contributed by atoms with Gasteiger partial charge in [-0.25, -0.2) is 8.42 Å². The Morgan fingerprint density at radius 3 is 2.77 bits per heavy atom. The number of aromatic hydroxyl groups is 1. The van der Waals surface area contributed by atoms with Crippen molar-refractivity contribution in [3.8, 4) is 11.5 Å². The molecule has 9 heteroatoms. The third kappa shape index (κ3) is 5.29. The third-order valence-corrected chi connectivity index (χ3v) is 6.13. The lowest BCUT2D eigenvalue weighted by Gasteiger charge is -2.08. The fraction of sp³-hybridized carbons (Fsp3) is 0.333. The van der Waals surface area contributed by atoms with Crippen LogP contribution in [0.3, 0.4) is 0 Å². The van der Waals surface area contributed by atoms with Crippen LogP contribution in [0.5, 0.6) is 11.5 Å². The number of aliphatic imine (C=N–C) groups is 1. The van der Waals surface area contributed by atoms with Crippen LogP contribution in [0.1, 0.15) is 36.8 Å². The molecule has 3 rings (SSSR count). The average Bonchev–Trinajstić information content (AvgIpc) is 3.00. The lowest BCUT2D eigenvalue weighted by molar-refractivity contribution is -0.121. The number of benzene rings is 2. The molecule has 0 saturated carbocycles. The minimum absolute atomic E-state index is 0.0502. The smallest absolute Gasteiger partial charge is 0.263 e. The summed E-state index contributed by atoms with van der Waals surface area (Å²) in [7, 11) is -2.03. The van der Waals surface area contributed by atoms with E-state index in [-0.39, 0.29) is 16.6 Å². The number of carbonyl (C=O) groups excluding carboxylic acids is 1. The van der Waals surface area contributed by atoms with Gasteiger partial charge in [0.2, 0.25) is 5.91 Å². The highest BCUT2D eigenvalue weighted by atomic mass is 32.2. The van der Waals surface area contributed by atoms with Crippen LogP contribution in [0.25, 0.3) is 0 Å². The minimum atomic E-state index is -3.50. The molecule has 0 radical (unpaired) electrons. The molecule has 160 valence electrons. The molecule has 8 nitrogen and oxygen atoms in total. The predicted molar refractivity (Wildman–Crippen MR) is 113 cm³/mol. The first-order chi connectivity index (χ1) is 14.4. The zero-order valence-electron chi connectivity index (χ0n) is 16.7. The molecule has 0 unspecified atom stereocenters. The Morgan fingerprint density at radius 2 is 1.97 bits per heavy atom. The van der Waals surface area contributed by atoms with E-state index in [0.717, 1.165) is 24.8 Å². The van der Waals surface area contributed by atoms with E-state index in [1.54, 1.807) is 36.4 Å². The number of rotatable bonds is 9. The van der Waals surface area contributed by atoms with Crippen molar-refractivity contribution in [3.63, 3.8) is 0 Å². The average molecular weight is 432 g/mol. The number of phenols is 1. The lowest BCUT2D eigenvalue weighted by atomic mass is 10.1. The van der Waals surface area contributed by atoms with Crippen LogP contribution in [0.2, 0.25) is 0 Å². The molecular weight excluding hydrogens is 406 g/mol. The summed E-state index contributed by atoms with van der Waals surface area (Å²) < 4.78 is 31.6. The summed E-state index contributed by atoms with van der Waals surface area (Å²) >= 11 is 0. The van der Waals surface area contributed by atoms with Crippen LogP contribution in [0.4, 0.5) is 0 Å². The molecule has 0 atom stereocenters. The number of hydrogen-bond acceptors (Lipinski definition) is 6. The number of sulfonamides is 1. The summed E-state index contributed by atoms with van der Waals surface area (Å²) in [5, 5.41) is 12.4. The maximum atomic E-state index is 12.0. The van der Waals surface area contributed by atoms with E-state index in [4.69, 9.17) is 4.74 Å². The standard InChI is InChI=1S/C21H25N3O5S/c1-29-18-13-15(10-11-17(18)25)14-23-20(26)9-3-2-6-12-22-21-16-7-4-5-8-19(16)30(27,28)24-21/h4-5,7-8,10-11,13,25H,2-3,6,9,12,14H2,1H3,(H,22,24)(H,23,26). The van der Waals surface area contributed by atoms with E-state index in [9.17, 15) is 18.3 Å². The first-order valence-electron chi connectivity index (χ1n) is 9.70. The van der Waals surface area contributed by atoms with Crippen molar-refractivity contribution in [1.82, 2.24) is 10.0 Å². The summed E-state index contributed by atoms with van der Waals surface area (Å²) in [6.45, 7) is 0.851. The fourth-order valence-electron chi connectivity index (χ4n) is 3.14. The maximum Gasteiger partial charge on any atom is 0.263 e.